The molecule has 1 aliphatic heterocycles. The molecule has 0 bridgehead atoms. The van der Waals surface area contributed by atoms with Crippen LogP contribution in [0.5, 0.6) is 0 Å². The number of carboxylic acids is 1. The lowest BCUT2D eigenvalue weighted by molar-refractivity contribution is -0.132. The Morgan fingerprint density at radius 2 is 2.29 bits per heavy atom. The van der Waals surface area contributed by atoms with Gasteiger partial charge in [0.05, 0.1) is 5.75 Å². The lowest BCUT2D eigenvalue weighted by atomic mass is 10.0. The van der Waals surface area contributed by atoms with E-state index in [0.717, 1.165) is 30.7 Å². The first-order valence-corrected chi connectivity index (χ1v) is 8.22. The van der Waals surface area contributed by atoms with Crippen LogP contribution in [0.3, 0.4) is 0 Å². The van der Waals surface area contributed by atoms with Crippen LogP contribution in [0, 0.1) is 0 Å². The maximum absolute atomic E-state index is 12.3. The van der Waals surface area contributed by atoms with Gasteiger partial charge in [-0.3, -0.25) is 4.79 Å². The monoisotopic (exact) mass is 308 g/mol. The molecule has 1 amide bonds. The molecule has 114 valence electrons. The highest BCUT2D eigenvalue weighted by molar-refractivity contribution is 8.00. The summed E-state index contributed by atoms with van der Waals surface area (Å²) in [6.45, 7) is 2.96. The Morgan fingerprint density at radius 1 is 1.48 bits per heavy atom. The zero-order valence-corrected chi connectivity index (χ0v) is 12.9. The highest BCUT2D eigenvalue weighted by Crippen LogP contribution is 2.23. The van der Waals surface area contributed by atoms with Crippen molar-refractivity contribution < 1.29 is 14.7 Å². The molecule has 1 aromatic rings. The fourth-order valence-electron chi connectivity index (χ4n) is 2.60. The molecule has 1 aliphatic rings. The second-order valence-electron chi connectivity index (χ2n) is 5.12. The summed E-state index contributed by atoms with van der Waals surface area (Å²) in [6, 6.07) is 3.60. The number of thioether (sulfide) groups is 1. The average Bonchev–Trinajstić information content (AvgIpc) is 2.52. The maximum atomic E-state index is 12.3. The number of carbonyl (C=O) groups is 2. The SMILES string of the molecule is CCC1CCCCN1C(=O)CSc1ccnc(C(=O)O)c1. The topological polar surface area (TPSA) is 70.5 Å². The molecule has 1 atom stereocenters. The van der Waals surface area contributed by atoms with Crippen molar-refractivity contribution in [3.8, 4) is 0 Å². The second kappa shape index (κ2) is 7.45. The molecular formula is C15H20N2O3S. The van der Waals surface area contributed by atoms with Gasteiger partial charge in [-0.2, -0.15) is 0 Å². The number of rotatable bonds is 5. The lowest BCUT2D eigenvalue weighted by Crippen LogP contribution is -2.44. The van der Waals surface area contributed by atoms with Crippen molar-refractivity contribution in [2.45, 2.75) is 43.5 Å². The zero-order valence-electron chi connectivity index (χ0n) is 12.1. The summed E-state index contributed by atoms with van der Waals surface area (Å²) >= 11 is 1.37. The van der Waals surface area contributed by atoms with E-state index in [-0.39, 0.29) is 11.6 Å². The Hall–Kier alpha value is -1.56. The van der Waals surface area contributed by atoms with Crippen molar-refractivity contribution in [3.63, 3.8) is 0 Å². The van der Waals surface area contributed by atoms with Gasteiger partial charge in [0.25, 0.3) is 0 Å². The summed E-state index contributed by atoms with van der Waals surface area (Å²) in [6.07, 6.45) is 5.82. The summed E-state index contributed by atoms with van der Waals surface area (Å²) < 4.78 is 0. The van der Waals surface area contributed by atoms with Crippen LogP contribution in [0.1, 0.15) is 43.1 Å². The summed E-state index contributed by atoms with van der Waals surface area (Å²) in [4.78, 5) is 29.7. The van der Waals surface area contributed by atoms with Crippen LogP contribution < -0.4 is 0 Å². The van der Waals surface area contributed by atoms with Crippen LogP contribution in [-0.4, -0.2) is 45.2 Å². The van der Waals surface area contributed by atoms with Gasteiger partial charge in [-0.1, -0.05) is 6.92 Å². The Labute approximate surface area is 128 Å². The van der Waals surface area contributed by atoms with Gasteiger partial charge < -0.3 is 10.0 Å². The van der Waals surface area contributed by atoms with Gasteiger partial charge >= 0.3 is 5.97 Å². The normalized spacial score (nSPS) is 18.5. The highest BCUT2D eigenvalue weighted by Gasteiger charge is 2.25. The Balaban J connectivity index is 1.94. The molecule has 1 fully saturated rings. The van der Waals surface area contributed by atoms with Crippen LogP contribution in [0.2, 0.25) is 0 Å². The third-order valence-corrected chi connectivity index (χ3v) is 4.71. The third-order valence-electron chi connectivity index (χ3n) is 3.73. The van der Waals surface area contributed by atoms with E-state index >= 15 is 0 Å². The van der Waals surface area contributed by atoms with Gasteiger partial charge in [0.1, 0.15) is 5.69 Å². The standard InChI is InChI=1S/C15H20N2O3S/c1-2-11-5-3-4-8-17(11)14(18)10-21-12-6-7-16-13(9-12)15(19)20/h6-7,9,11H,2-5,8,10H2,1H3,(H,19,20). The van der Waals surface area contributed by atoms with E-state index in [1.165, 1.54) is 30.4 Å². The number of likely N-dealkylation sites (tertiary alicyclic amines) is 1. The molecule has 0 saturated carbocycles. The molecule has 0 aromatic carbocycles. The number of aromatic carboxylic acids is 1. The summed E-state index contributed by atoms with van der Waals surface area (Å²) in [5.41, 5.74) is 0.0110. The third kappa shape index (κ3) is 4.20. The predicted octanol–water partition coefficient (Wildman–Crippen LogP) is 2.66. The first kappa shape index (κ1) is 15.8. The van der Waals surface area contributed by atoms with Crippen molar-refractivity contribution in [2.24, 2.45) is 0 Å². The van der Waals surface area contributed by atoms with Gasteiger partial charge in [0, 0.05) is 23.7 Å². The molecule has 1 aromatic heterocycles. The summed E-state index contributed by atoms with van der Waals surface area (Å²) in [5, 5.41) is 8.91. The highest BCUT2D eigenvalue weighted by atomic mass is 32.2. The number of nitrogens with zero attached hydrogens (tertiary/aromatic N) is 2. The van der Waals surface area contributed by atoms with E-state index < -0.39 is 5.97 Å². The van der Waals surface area contributed by atoms with E-state index in [1.54, 1.807) is 6.07 Å². The zero-order chi connectivity index (χ0) is 15.2. The molecule has 2 rings (SSSR count). The van der Waals surface area contributed by atoms with E-state index in [0.29, 0.717) is 11.8 Å². The van der Waals surface area contributed by atoms with Crippen molar-refractivity contribution in [1.29, 1.82) is 0 Å². The second-order valence-corrected chi connectivity index (χ2v) is 6.16. The smallest absolute Gasteiger partial charge is 0.354 e. The first-order valence-electron chi connectivity index (χ1n) is 7.23. The van der Waals surface area contributed by atoms with Gasteiger partial charge in [-0.15, -0.1) is 11.8 Å². The van der Waals surface area contributed by atoms with Crippen molar-refractivity contribution in [3.05, 3.63) is 24.0 Å². The molecule has 5 nitrogen and oxygen atoms in total. The maximum Gasteiger partial charge on any atom is 0.354 e. The molecule has 21 heavy (non-hydrogen) atoms. The number of amides is 1. The quantitative estimate of drug-likeness (QED) is 0.847. The van der Waals surface area contributed by atoms with Crippen LogP contribution in [0.15, 0.2) is 23.2 Å². The first-order chi connectivity index (χ1) is 10.1. The number of aromatic nitrogens is 1. The van der Waals surface area contributed by atoms with Crippen molar-refractivity contribution >= 4 is 23.6 Å². The Morgan fingerprint density at radius 3 is 3.00 bits per heavy atom. The molecule has 1 N–H and O–H groups in total. The van der Waals surface area contributed by atoms with Crippen LogP contribution in [-0.2, 0) is 4.79 Å². The van der Waals surface area contributed by atoms with Crippen LogP contribution >= 0.6 is 11.8 Å². The van der Waals surface area contributed by atoms with Crippen LogP contribution in [0.25, 0.3) is 0 Å². The Kier molecular flexibility index (Phi) is 5.61. The summed E-state index contributed by atoms with van der Waals surface area (Å²) in [7, 11) is 0. The number of pyridine rings is 1. The predicted molar refractivity (Wildman–Crippen MR) is 81.6 cm³/mol. The number of hydrogen-bond acceptors (Lipinski definition) is 4. The molecule has 0 spiro atoms. The summed E-state index contributed by atoms with van der Waals surface area (Å²) in [5.74, 6) is -0.564. The number of carboxylic acid groups (broad SMARTS) is 1. The molecule has 0 aliphatic carbocycles. The average molecular weight is 308 g/mol. The van der Waals surface area contributed by atoms with Gasteiger partial charge in [0.15, 0.2) is 0 Å². The van der Waals surface area contributed by atoms with Crippen molar-refractivity contribution in [2.75, 3.05) is 12.3 Å². The minimum Gasteiger partial charge on any atom is -0.477 e. The largest absolute Gasteiger partial charge is 0.477 e. The van der Waals surface area contributed by atoms with E-state index in [1.807, 2.05) is 4.90 Å². The fraction of sp³-hybridized carbons (Fsp3) is 0.533. The van der Waals surface area contributed by atoms with Crippen LogP contribution in [0.4, 0.5) is 0 Å². The lowest BCUT2D eigenvalue weighted by Gasteiger charge is -2.35. The molecule has 6 heteroatoms. The van der Waals surface area contributed by atoms with E-state index in [9.17, 15) is 9.59 Å². The minimum absolute atomic E-state index is 0.0110. The molecule has 0 radical (unpaired) electrons. The molecule has 2 heterocycles. The van der Waals surface area contributed by atoms with Gasteiger partial charge in [-0.05, 0) is 37.8 Å². The molecule has 1 unspecified atom stereocenters. The Bertz CT molecular complexity index is 521. The van der Waals surface area contributed by atoms with E-state index in [4.69, 9.17) is 5.11 Å². The minimum atomic E-state index is -1.05. The fourth-order valence-corrected chi connectivity index (χ4v) is 3.41. The van der Waals surface area contributed by atoms with E-state index in [2.05, 4.69) is 11.9 Å². The molecular weight excluding hydrogens is 288 g/mol. The van der Waals surface area contributed by atoms with Gasteiger partial charge in [0.2, 0.25) is 5.91 Å². The molecule has 1 saturated heterocycles. The van der Waals surface area contributed by atoms with Crippen molar-refractivity contribution in [1.82, 2.24) is 9.88 Å². The number of hydrogen-bond donors (Lipinski definition) is 1. The number of carbonyl (C=O) groups excluding carboxylic acids is 1. The van der Waals surface area contributed by atoms with Gasteiger partial charge in [-0.25, -0.2) is 9.78 Å². The number of piperidine rings is 1.